The van der Waals surface area contributed by atoms with Crippen molar-refractivity contribution in [1.82, 2.24) is 9.88 Å². The normalized spacial score (nSPS) is 23.4. The molecule has 0 bridgehead atoms. The maximum Gasteiger partial charge on any atom is 0.269 e. The molecule has 30 heavy (non-hydrogen) atoms. The van der Waals surface area contributed by atoms with E-state index < -0.39 is 26.7 Å². The third-order valence-electron chi connectivity index (χ3n) is 5.08. The topological polar surface area (TPSA) is 140 Å². The van der Waals surface area contributed by atoms with E-state index in [1.807, 2.05) is 6.92 Å². The Balaban J connectivity index is 1.51. The number of nitrogens with zero attached hydrogens (tertiary/aromatic N) is 3. The van der Waals surface area contributed by atoms with Crippen molar-refractivity contribution in [3.8, 4) is 0 Å². The van der Waals surface area contributed by atoms with E-state index in [1.165, 1.54) is 0 Å². The number of sulfone groups is 1. The fourth-order valence-electron chi connectivity index (χ4n) is 3.51. The van der Waals surface area contributed by atoms with Gasteiger partial charge in [0.2, 0.25) is 21.7 Å². The monoisotopic (exact) mass is 468 g/mol. The quantitative estimate of drug-likeness (QED) is 0.521. The van der Waals surface area contributed by atoms with Crippen molar-refractivity contribution >= 4 is 55.6 Å². The molecule has 10 nitrogen and oxygen atoms in total. The minimum absolute atomic E-state index is 0.0665. The van der Waals surface area contributed by atoms with Crippen molar-refractivity contribution in [2.24, 2.45) is 0 Å². The van der Waals surface area contributed by atoms with Crippen molar-refractivity contribution in [3.63, 3.8) is 0 Å². The van der Waals surface area contributed by atoms with Gasteiger partial charge in [-0.2, -0.15) is 0 Å². The first-order chi connectivity index (χ1) is 14.1. The number of anilines is 1. The summed E-state index contributed by atoms with van der Waals surface area (Å²) in [6.07, 6.45) is 2.23. The van der Waals surface area contributed by atoms with E-state index in [0.29, 0.717) is 18.6 Å². The highest BCUT2D eigenvalue weighted by Crippen LogP contribution is 2.47. The van der Waals surface area contributed by atoms with Crippen LogP contribution < -0.4 is 5.32 Å². The molecule has 0 spiro atoms. The van der Waals surface area contributed by atoms with E-state index >= 15 is 0 Å². The molecule has 2 fully saturated rings. The number of hydrogen-bond donors (Lipinski definition) is 1. The Hall–Kier alpha value is -2.51. The number of hydrogen-bond acceptors (Lipinski definition) is 9. The lowest BCUT2D eigenvalue weighted by molar-refractivity contribution is -0.384. The summed E-state index contributed by atoms with van der Waals surface area (Å²) in [6.45, 7) is 1.94. The van der Waals surface area contributed by atoms with E-state index in [0.717, 1.165) is 41.8 Å². The average molecular weight is 469 g/mol. The zero-order chi connectivity index (χ0) is 21.7. The number of amides is 2. The van der Waals surface area contributed by atoms with Crippen LogP contribution in [0.1, 0.15) is 19.8 Å². The number of non-ortho nitro benzene ring substituents is 1. The Morgan fingerprint density at radius 3 is 2.73 bits per heavy atom. The van der Waals surface area contributed by atoms with Crippen LogP contribution in [0.4, 0.5) is 10.8 Å². The molecule has 1 N–H and O–H groups in total. The number of thioether (sulfide) groups is 1. The van der Waals surface area contributed by atoms with Gasteiger partial charge >= 0.3 is 0 Å². The van der Waals surface area contributed by atoms with E-state index in [1.54, 1.807) is 16.7 Å². The first-order valence-corrected chi connectivity index (χ1v) is 12.1. The molecule has 158 valence electrons. The summed E-state index contributed by atoms with van der Waals surface area (Å²) in [4.78, 5) is 40.1. The van der Waals surface area contributed by atoms with E-state index in [9.17, 15) is 28.1 Å². The summed E-state index contributed by atoms with van der Waals surface area (Å²) in [5.74, 6) is -0.00809. The predicted octanol–water partition coefficient (Wildman–Crippen LogP) is 2.28. The van der Waals surface area contributed by atoms with Gasteiger partial charge in [-0.3, -0.25) is 19.7 Å². The smallest absolute Gasteiger partial charge is 0.269 e. The van der Waals surface area contributed by atoms with Crippen LogP contribution in [-0.2, 0) is 19.4 Å². The maximum atomic E-state index is 12.7. The lowest BCUT2D eigenvalue weighted by atomic mass is 10.2. The molecule has 1 aromatic carbocycles. The first-order valence-electron chi connectivity index (χ1n) is 8.84. The molecule has 0 saturated carbocycles. The highest BCUT2D eigenvalue weighted by atomic mass is 32.2. The molecule has 2 aliphatic heterocycles. The molecule has 2 saturated heterocycles. The molecule has 13 heteroatoms. The highest BCUT2D eigenvalue weighted by Gasteiger charge is 2.53. The number of fused-ring (bicyclic) bond motifs is 1. The maximum absolute atomic E-state index is 12.7. The van der Waals surface area contributed by atoms with Gasteiger partial charge in [-0.15, -0.1) is 11.8 Å². The minimum Gasteiger partial charge on any atom is -0.315 e. The van der Waals surface area contributed by atoms with Crippen molar-refractivity contribution < 1.29 is 22.9 Å². The second kappa shape index (κ2) is 7.32. The molecule has 0 radical (unpaired) electrons. The van der Waals surface area contributed by atoms with Crippen LogP contribution in [0.3, 0.4) is 0 Å². The second-order valence-electron chi connectivity index (χ2n) is 6.99. The van der Waals surface area contributed by atoms with Crippen LogP contribution in [0.25, 0.3) is 0 Å². The largest absolute Gasteiger partial charge is 0.315 e. The number of benzene rings is 1. The molecule has 3 heterocycles. The van der Waals surface area contributed by atoms with Gasteiger partial charge in [-0.25, -0.2) is 13.4 Å². The zero-order valence-electron chi connectivity index (χ0n) is 15.6. The number of carbonyl (C=O) groups excluding carboxylic acids is 2. The number of nitro groups is 1. The molecule has 0 unspecified atom stereocenters. The lowest BCUT2D eigenvalue weighted by Gasteiger charge is -2.29. The number of aromatic nitrogens is 1. The third kappa shape index (κ3) is 3.46. The van der Waals surface area contributed by atoms with Gasteiger partial charge in [0, 0.05) is 24.3 Å². The Kier molecular flexibility index (Phi) is 5.06. The number of carbonyl (C=O) groups is 2. The summed E-state index contributed by atoms with van der Waals surface area (Å²) < 4.78 is 25.4. The van der Waals surface area contributed by atoms with E-state index in [2.05, 4.69) is 10.3 Å². The fourth-order valence-corrected chi connectivity index (χ4v) is 7.38. The number of nitrogens with one attached hydrogen (secondary N) is 1. The van der Waals surface area contributed by atoms with E-state index in [4.69, 9.17) is 0 Å². The molecule has 2 aliphatic rings. The van der Waals surface area contributed by atoms with Crippen molar-refractivity contribution in [1.29, 1.82) is 0 Å². The molecule has 2 aromatic rings. The summed E-state index contributed by atoms with van der Waals surface area (Å²) >= 11 is 2.34. The first kappa shape index (κ1) is 20.8. The molecular formula is C17H16N4O6S3. The van der Waals surface area contributed by atoms with Gasteiger partial charge in [0.25, 0.3) is 5.69 Å². The molecule has 1 aromatic heterocycles. The molecular weight excluding hydrogens is 452 g/mol. The Labute approximate surface area is 179 Å². The van der Waals surface area contributed by atoms with Crippen molar-refractivity contribution in [2.75, 3.05) is 11.1 Å². The zero-order valence-corrected chi connectivity index (χ0v) is 18.1. The van der Waals surface area contributed by atoms with Crippen LogP contribution in [0, 0.1) is 10.1 Å². The Morgan fingerprint density at radius 1 is 1.37 bits per heavy atom. The molecule has 4 rings (SSSR count). The molecule has 0 aliphatic carbocycles. The fraction of sp³-hybridized carbons (Fsp3) is 0.353. The van der Waals surface area contributed by atoms with Gasteiger partial charge < -0.3 is 10.2 Å². The SMILES string of the molecule is C[C@@]12CCC(=O)N1[C@H](C(=O)Nc1ncc(S(=O)(=O)c3ccc([N+](=O)[O-])cc3)s1)CS2. The van der Waals surface area contributed by atoms with Crippen LogP contribution in [0.2, 0.25) is 0 Å². The Morgan fingerprint density at radius 2 is 2.07 bits per heavy atom. The van der Waals surface area contributed by atoms with Gasteiger partial charge in [0.1, 0.15) is 10.3 Å². The second-order valence-corrected chi connectivity index (χ2v) is 11.7. The van der Waals surface area contributed by atoms with Gasteiger partial charge in [-0.05, 0) is 25.5 Å². The van der Waals surface area contributed by atoms with Crippen molar-refractivity contribution in [3.05, 3.63) is 40.6 Å². The summed E-state index contributed by atoms with van der Waals surface area (Å²) in [7, 11) is -3.93. The van der Waals surface area contributed by atoms with E-state index in [-0.39, 0.29) is 30.7 Å². The predicted molar refractivity (Wildman–Crippen MR) is 110 cm³/mol. The number of rotatable bonds is 5. The highest BCUT2D eigenvalue weighted by molar-refractivity contribution is 8.01. The summed E-state index contributed by atoms with van der Waals surface area (Å²) in [5.41, 5.74) is -0.218. The summed E-state index contributed by atoms with van der Waals surface area (Å²) in [5, 5.41) is 13.5. The lowest BCUT2D eigenvalue weighted by Crippen LogP contribution is -2.48. The number of thiazole rings is 1. The Bertz CT molecular complexity index is 1150. The standard InChI is InChI=1S/C17H16N4O6S3/c1-17-7-6-13(22)20(17)12(9-28-17)15(23)19-16-18-8-14(29-16)30(26,27)11-4-2-10(3-5-11)21(24)25/h2-5,8,12H,6-7,9H2,1H3,(H,18,19,23)/t12-,17+/m0/s1. The van der Waals surface area contributed by atoms with Gasteiger partial charge in [0.15, 0.2) is 5.13 Å². The molecule has 2 amide bonds. The number of nitro benzene ring substituents is 1. The van der Waals surface area contributed by atoms with Crippen LogP contribution in [-0.4, -0.2) is 51.7 Å². The average Bonchev–Trinajstić information content (AvgIpc) is 3.38. The van der Waals surface area contributed by atoms with Crippen LogP contribution >= 0.6 is 23.1 Å². The van der Waals surface area contributed by atoms with Gasteiger partial charge in [-0.1, -0.05) is 11.3 Å². The third-order valence-corrected chi connectivity index (χ3v) is 9.73. The van der Waals surface area contributed by atoms with Crippen LogP contribution in [0.15, 0.2) is 39.6 Å². The molecule has 2 atom stereocenters. The minimum atomic E-state index is -3.93. The van der Waals surface area contributed by atoms with Crippen LogP contribution in [0.5, 0.6) is 0 Å². The summed E-state index contributed by atoms with van der Waals surface area (Å²) in [6, 6.07) is 3.90. The van der Waals surface area contributed by atoms with Crippen molar-refractivity contribution in [2.45, 2.75) is 39.8 Å². The van der Waals surface area contributed by atoms with Gasteiger partial charge in [0.05, 0.1) is 20.9 Å².